The van der Waals surface area contributed by atoms with Gasteiger partial charge in [0.1, 0.15) is 5.75 Å². The van der Waals surface area contributed by atoms with Crippen LogP contribution in [0.4, 0.5) is 0 Å². The second-order valence-corrected chi connectivity index (χ2v) is 4.47. The van der Waals surface area contributed by atoms with Gasteiger partial charge in [-0.15, -0.1) is 0 Å². The molecule has 106 valence electrons. The van der Waals surface area contributed by atoms with Gasteiger partial charge in [-0.1, -0.05) is 6.07 Å². The summed E-state index contributed by atoms with van der Waals surface area (Å²) < 4.78 is 6.42. The number of ether oxygens (including phenoxy) is 1. The van der Waals surface area contributed by atoms with E-state index in [1.807, 2.05) is 0 Å². The lowest BCUT2D eigenvalue weighted by molar-refractivity contribution is 0.0698. The van der Waals surface area contributed by atoms with Gasteiger partial charge in [0.05, 0.1) is 29.4 Å². The number of aromatic carboxylic acids is 1. The molecule has 0 saturated carbocycles. The van der Waals surface area contributed by atoms with Crippen molar-refractivity contribution in [3.05, 3.63) is 58.5 Å². The number of carboxylic acids is 1. The number of benzene rings is 2. The van der Waals surface area contributed by atoms with Crippen LogP contribution >= 0.6 is 0 Å². The number of carbonyl (C=O) groups is 1. The van der Waals surface area contributed by atoms with E-state index < -0.39 is 5.97 Å². The topological polar surface area (TPSA) is 84.3 Å². The normalized spacial score (nSPS) is 10.7. The van der Waals surface area contributed by atoms with Crippen molar-refractivity contribution >= 4 is 17.0 Å². The summed E-state index contributed by atoms with van der Waals surface area (Å²) >= 11 is 0. The van der Waals surface area contributed by atoms with Crippen LogP contribution in [0.1, 0.15) is 10.4 Å². The molecule has 0 aliphatic heterocycles. The number of para-hydroxylation sites is 1. The van der Waals surface area contributed by atoms with Crippen LogP contribution in [-0.2, 0) is 0 Å². The number of fused-ring (bicyclic) bond motifs is 1. The zero-order valence-corrected chi connectivity index (χ0v) is 11.2. The van der Waals surface area contributed by atoms with Crippen LogP contribution in [-0.4, -0.2) is 27.7 Å². The van der Waals surface area contributed by atoms with E-state index in [9.17, 15) is 14.7 Å². The number of nitrogens with one attached hydrogen (secondary N) is 1. The highest BCUT2D eigenvalue weighted by Gasteiger charge is 2.16. The molecule has 0 fully saturated rings. The highest BCUT2D eigenvalue weighted by molar-refractivity contribution is 6.01. The first-order valence-corrected chi connectivity index (χ1v) is 6.23. The molecule has 0 unspecified atom stereocenters. The van der Waals surface area contributed by atoms with Gasteiger partial charge in [0.25, 0.3) is 0 Å². The number of hydrogen-bond acceptors (Lipinski definition) is 3. The van der Waals surface area contributed by atoms with Crippen molar-refractivity contribution in [3.63, 3.8) is 0 Å². The second kappa shape index (κ2) is 4.82. The van der Waals surface area contributed by atoms with Crippen molar-refractivity contribution < 1.29 is 14.6 Å². The highest BCUT2D eigenvalue weighted by atomic mass is 16.5. The van der Waals surface area contributed by atoms with Crippen LogP contribution in [0.5, 0.6) is 5.75 Å². The Kier molecular flexibility index (Phi) is 2.98. The molecule has 1 aromatic heterocycles. The van der Waals surface area contributed by atoms with E-state index in [0.717, 1.165) is 0 Å². The molecule has 6 heteroatoms. The fourth-order valence-corrected chi connectivity index (χ4v) is 2.31. The van der Waals surface area contributed by atoms with E-state index in [1.165, 1.54) is 10.6 Å². The number of H-pyrrole nitrogens is 1. The molecule has 0 aliphatic carbocycles. The van der Waals surface area contributed by atoms with Crippen molar-refractivity contribution in [2.75, 3.05) is 7.11 Å². The van der Waals surface area contributed by atoms with Crippen LogP contribution < -0.4 is 10.4 Å². The molecule has 0 amide bonds. The number of imidazole rings is 1. The number of carboxylic acid groups (broad SMARTS) is 1. The van der Waals surface area contributed by atoms with Gasteiger partial charge in [0.15, 0.2) is 0 Å². The highest BCUT2D eigenvalue weighted by Crippen LogP contribution is 2.21. The Hall–Kier alpha value is -3.02. The van der Waals surface area contributed by atoms with Gasteiger partial charge < -0.3 is 14.8 Å². The van der Waals surface area contributed by atoms with Crippen LogP contribution in [0.2, 0.25) is 0 Å². The van der Waals surface area contributed by atoms with Crippen molar-refractivity contribution in [1.29, 1.82) is 0 Å². The average molecular weight is 284 g/mol. The minimum absolute atomic E-state index is 0.0710. The van der Waals surface area contributed by atoms with E-state index in [0.29, 0.717) is 22.5 Å². The Labute approximate surface area is 119 Å². The Morgan fingerprint density at radius 3 is 2.52 bits per heavy atom. The van der Waals surface area contributed by atoms with Crippen LogP contribution in [0.25, 0.3) is 16.7 Å². The molecule has 3 rings (SSSR count). The largest absolute Gasteiger partial charge is 0.497 e. The first-order valence-electron chi connectivity index (χ1n) is 6.23. The monoisotopic (exact) mass is 284 g/mol. The smallest absolute Gasteiger partial charge is 0.337 e. The van der Waals surface area contributed by atoms with E-state index in [1.54, 1.807) is 43.5 Å². The van der Waals surface area contributed by atoms with Gasteiger partial charge in [0.2, 0.25) is 0 Å². The Morgan fingerprint density at radius 1 is 1.19 bits per heavy atom. The van der Waals surface area contributed by atoms with Crippen molar-refractivity contribution in [2.45, 2.75) is 0 Å². The maximum absolute atomic E-state index is 12.2. The molecule has 1 heterocycles. The van der Waals surface area contributed by atoms with Gasteiger partial charge in [-0.05, 0) is 36.4 Å². The number of methoxy groups -OCH3 is 1. The maximum atomic E-state index is 12.2. The van der Waals surface area contributed by atoms with Gasteiger partial charge >= 0.3 is 11.7 Å². The van der Waals surface area contributed by atoms with E-state index in [-0.39, 0.29) is 11.3 Å². The number of aromatic nitrogens is 2. The Bertz CT molecular complexity index is 875. The molecular weight excluding hydrogens is 272 g/mol. The van der Waals surface area contributed by atoms with E-state index in [4.69, 9.17) is 4.74 Å². The first-order chi connectivity index (χ1) is 10.1. The predicted molar refractivity (Wildman–Crippen MR) is 77.4 cm³/mol. The lowest BCUT2D eigenvalue weighted by atomic mass is 10.2. The van der Waals surface area contributed by atoms with Crippen LogP contribution in [0.3, 0.4) is 0 Å². The van der Waals surface area contributed by atoms with Crippen LogP contribution in [0.15, 0.2) is 47.3 Å². The third-order valence-electron chi connectivity index (χ3n) is 3.27. The third-order valence-corrected chi connectivity index (χ3v) is 3.27. The minimum Gasteiger partial charge on any atom is -0.497 e. The summed E-state index contributed by atoms with van der Waals surface area (Å²) in [6, 6.07) is 11.6. The molecule has 0 bridgehead atoms. The molecule has 0 aliphatic rings. The molecule has 21 heavy (non-hydrogen) atoms. The molecule has 0 saturated heterocycles. The summed E-state index contributed by atoms with van der Waals surface area (Å²) in [5, 5.41) is 9.30. The average Bonchev–Trinajstić information content (AvgIpc) is 2.83. The SMILES string of the molecule is COc1ccc(-n2c(=O)[nH]c3cccc(C(=O)O)c32)cc1. The summed E-state index contributed by atoms with van der Waals surface area (Å²) in [6.45, 7) is 0. The molecule has 0 spiro atoms. The number of hydrogen-bond donors (Lipinski definition) is 2. The molecule has 0 atom stereocenters. The fraction of sp³-hybridized carbons (Fsp3) is 0.0667. The van der Waals surface area contributed by atoms with E-state index >= 15 is 0 Å². The van der Waals surface area contributed by atoms with Gasteiger partial charge in [-0.2, -0.15) is 0 Å². The molecule has 6 nitrogen and oxygen atoms in total. The van der Waals surface area contributed by atoms with Crippen LogP contribution in [0, 0.1) is 0 Å². The zero-order chi connectivity index (χ0) is 15.0. The summed E-state index contributed by atoms with van der Waals surface area (Å²) in [7, 11) is 1.55. The maximum Gasteiger partial charge on any atom is 0.337 e. The quantitative estimate of drug-likeness (QED) is 0.770. The number of aromatic amines is 1. The molecule has 3 aromatic rings. The molecular formula is C15H12N2O4. The van der Waals surface area contributed by atoms with E-state index in [2.05, 4.69) is 4.98 Å². The lowest BCUT2D eigenvalue weighted by Crippen LogP contribution is -2.15. The summed E-state index contributed by atoms with van der Waals surface area (Å²) in [5.41, 5.74) is 1.09. The number of nitrogens with zero attached hydrogens (tertiary/aromatic N) is 1. The number of rotatable bonds is 3. The Balaban J connectivity index is 2.33. The van der Waals surface area contributed by atoms with Gasteiger partial charge in [-0.25, -0.2) is 9.59 Å². The molecule has 2 N–H and O–H groups in total. The predicted octanol–water partition coefficient (Wildman–Crippen LogP) is 2.03. The first kappa shape index (κ1) is 13.0. The van der Waals surface area contributed by atoms with Crippen molar-refractivity contribution in [2.24, 2.45) is 0 Å². The standard InChI is InChI=1S/C15H12N2O4/c1-21-10-7-5-9(6-8-10)17-13-11(14(18)19)3-2-4-12(13)16-15(17)20/h2-8H,1H3,(H,16,20)(H,18,19). The summed E-state index contributed by atoms with van der Waals surface area (Å²) in [6.07, 6.45) is 0. The molecule has 2 aromatic carbocycles. The van der Waals surface area contributed by atoms with Crippen molar-refractivity contribution in [3.8, 4) is 11.4 Å². The molecule has 0 radical (unpaired) electrons. The van der Waals surface area contributed by atoms with Crippen molar-refractivity contribution in [1.82, 2.24) is 9.55 Å². The third kappa shape index (κ3) is 2.06. The lowest BCUT2D eigenvalue weighted by Gasteiger charge is -2.06. The summed E-state index contributed by atoms with van der Waals surface area (Å²) in [4.78, 5) is 26.2. The zero-order valence-electron chi connectivity index (χ0n) is 11.2. The van der Waals surface area contributed by atoms with Gasteiger partial charge in [-0.3, -0.25) is 4.57 Å². The fourth-order valence-electron chi connectivity index (χ4n) is 2.31. The Morgan fingerprint density at radius 2 is 1.90 bits per heavy atom. The minimum atomic E-state index is -1.08. The summed E-state index contributed by atoms with van der Waals surface area (Å²) in [5.74, 6) is -0.424. The van der Waals surface area contributed by atoms with Gasteiger partial charge in [0, 0.05) is 0 Å². The second-order valence-electron chi connectivity index (χ2n) is 4.47.